The van der Waals surface area contributed by atoms with Gasteiger partial charge in [0.2, 0.25) is 11.8 Å². The van der Waals surface area contributed by atoms with Crippen molar-refractivity contribution in [1.29, 1.82) is 0 Å². The molecule has 0 spiro atoms. The fourth-order valence-corrected chi connectivity index (χ4v) is 7.44. The molecule has 1 aromatic heterocycles. The van der Waals surface area contributed by atoms with Crippen LogP contribution in [0.4, 0.5) is 4.79 Å². The van der Waals surface area contributed by atoms with E-state index in [1.807, 2.05) is 96.0 Å². The molecular formula is C39H44N4O6. The Morgan fingerprint density at radius 3 is 2.27 bits per heavy atom. The van der Waals surface area contributed by atoms with Crippen LogP contribution in [0, 0.1) is 5.41 Å². The Kier molecular flexibility index (Phi) is 9.50. The molecule has 2 aliphatic rings. The summed E-state index contributed by atoms with van der Waals surface area (Å²) in [5, 5.41) is 3.82. The summed E-state index contributed by atoms with van der Waals surface area (Å²) < 4.78 is 10.9. The molecule has 2 N–H and O–H groups in total. The van der Waals surface area contributed by atoms with Gasteiger partial charge in [0.25, 0.3) is 0 Å². The van der Waals surface area contributed by atoms with Gasteiger partial charge in [0.1, 0.15) is 11.6 Å². The number of benzene rings is 3. The van der Waals surface area contributed by atoms with Crippen molar-refractivity contribution < 1.29 is 28.7 Å². The molecule has 3 heterocycles. The molecule has 0 radical (unpaired) electrons. The van der Waals surface area contributed by atoms with Crippen LogP contribution in [0.5, 0.6) is 0 Å². The zero-order valence-corrected chi connectivity index (χ0v) is 28.5. The number of aromatic nitrogens is 1. The van der Waals surface area contributed by atoms with Gasteiger partial charge >= 0.3 is 12.1 Å². The summed E-state index contributed by atoms with van der Waals surface area (Å²) in [5.74, 6) is -1.13. The van der Waals surface area contributed by atoms with Crippen molar-refractivity contribution in [2.75, 3.05) is 20.2 Å². The van der Waals surface area contributed by atoms with Crippen molar-refractivity contribution in [1.82, 2.24) is 20.1 Å². The van der Waals surface area contributed by atoms with E-state index in [0.717, 1.165) is 27.6 Å². The number of nitrogens with one attached hydrogen (secondary N) is 2. The van der Waals surface area contributed by atoms with Crippen molar-refractivity contribution in [3.63, 3.8) is 0 Å². The maximum Gasteiger partial charge on any atom is 0.408 e. The number of methoxy groups -OCH3 is 1. The number of fused-ring (bicyclic) bond motifs is 2. The number of piperazine rings is 1. The minimum absolute atomic E-state index is 0.196. The third kappa shape index (κ3) is 7.18. The average molecular weight is 665 g/mol. The van der Waals surface area contributed by atoms with Crippen molar-refractivity contribution in [3.8, 4) is 0 Å². The van der Waals surface area contributed by atoms with E-state index in [9.17, 15) is 19.2 Å². The lowest BCUT2D eigenvalue weighted by Crippen LogP contribution is -2.62. The van der Waals surface area contributed by atoms with Gasteiger partial charge in [-0.3, -0.25) is 14.4 Å². The number of ether oxygens (including phenoxy) is 2. The van der Waals surface area contributed by atoms with Crippen LogP contribution >= 0.6 is 0 Å². The summed E-state index contributed by atoms with van der Waals surface area (Å²) in [6.07, 6.45) is 2.30. The number of alkyl carbamates (subject to hydrolysis) is 1. The summed E-state index contributed by atoms with van der Waals surface area (Å²) in [4.78, 5) is 62.7. The van der Waals surface area contributed by atoms with Crippen LogP contribution in [0.15, 0.2) is 91.1 Å². The summed E-state index contributed by atoms with van der Waals surface area (Å²) in [7, 11) is 1.31. The molecular weight excluding hydrogens is 620 g/mol. The fraction of sp³-hybridized carbons (Fsp3) is 0.385. The topological polar surface area (TPSA) is 121 Å². The first-order valence-electron chi connectivity index (χ1n) is 16.8. The van der Waals surface area contributed by atoms with Crippen LogP contribution < -0.4 is 5.32 Å². The van der Waals surface area contributed by atoms with Crippen molar-refractivity contribution in [3.05, 3.63) is 108 Å². The highest BCUT2D eigenvalue weighted by Crippen LogP contribution is 2.44. The second-order valence-corrected chi connectivity index (χ2v) is 14.2. The Labute approximate surface area is 286 Å². The van der Waals surface area contributed by atoms with Gasteiger partial charge in [0, 0.05) is 36.6 Å². The minimum Gasteiger partial charge on any atom is -0.468 e. The summed E-state index contributed by atoms with van der Waals surface area (Å²) in [5.41, 5.74) is 1.49. The van der Waals surface area contributed by atoms with Gasteiger partial charge in [0.15, 0.2) is 5.41 Å². The van der Waals surface area contributed by atoms with Gasteiger partial charge < -0.3 is 29.6 Å². The second kappa shape index (κ2) is 13.8. The minimum atomic E-state index is -1.42. The van der Waals surface area contributed by atoms with E-state index >= 15 is 0 Å². The number of H-pyrrole nitrogens is 1. The van der Waals surface area contributed by atoms with Gasteiger partial charge in [-0.05, 0) is 62.8 Å². The van der Waals surface area contributed by atoms with E-state index in [1.54, 1.807) is 25.7 Å². The van der Waals surface area contributed by atoms with E-state index in [2.05, 4.69) is 10.3 Å². The lowest BCUT2D eigenvalue weighted by Gasteiger charge is -2.44. The van der Waals surface area contributed by atoms with Crippen molar-refractivity contribution in [2.24, 2.45) is 5.41 Å². The molecule has 0 unspecified atom stereocenters. The maximum absolute atomic E-state index is 14.6. The number of nitrogens with zero attached hydrogens (tertiary/aromatic N) is 2. The molecule has 10 nitrogen and oxygen atoms in total. The Hall–Kier alpha value is -5.12. The number of carbonyl (C=O) groups excluding carboxylic acids is 4. The first-order chi connectivity index (χ1) is 23.5. The van der Waals surface area contributed by atoms with E-state index in [4.69, 9.17) is 9.47 Å². The highest BCUT2D eigenvalue weighted by molar-refractivity contribution is 6.05. The molecule has 49 heavy (non-hydrogen) atoms. The molecule has 3 amide bonds. The lowest BCUT2D eigenvalue weighted by atomic mass is 9.78. The molecule has 256 valence electrons. The molecule has 4 atom stereocenters. The number of amides is 3. The predicted molar refractivity (Wildman–Crippen MR) is 186 cm³/mol. The summed E-state index contributed by atoms with van der Waals surface area (Å²) in [6.45, 7) is 5.77. The quantitative estimate of drug-likeness (QED) is 0.191. The van der Waals surface area contributed by atoms with Gasteiger partial charge in [-0.2, -0.15) is 0 Å². The maximum atomic E-state index is 14.6. The van der Waals surface area contributed by atoms with Crippen molar-refractivity contribution in [2.45, 2.75) is 70.2 Å². The lowest BCUT2D eigenvalue weighted by molar-refractivity contribution is -0.160. The highest BCUT2D eigenvalue weighted by atomic mass is 16.6. The smallest absolute Gasteiger partial charge is 0.408 e. The van der Waals surface area contributed by atoms with Gasteiger partial charge in [0.05, 0.1) is 19.2 Å². The van der Waals surface area contributed by atoms with Crippen LogP contribution in [-0.4, -0.2) is 82.6 Å². The molecule has 2 fully saturated rings. The predicted octanol–water partition coefficient (Wildman–Crippen LogP) is 5.06. The Balaban J connectivity index is 1.34. The molecule has 10 heteroatoms. The van der Waals surface area contributed by atoms with Crippen molar-refractivity contribution >= 4 is 34.8 Å². The van der Waals surface area contributed by atoms with Gasteiger partial charge in [-0.15, -0.1) is 0 Å². The number of hydrogen-bond acceptors (Lipinski definition) is 6. The Bertz CT molecular complexity index is 1820. The van der Waals surface area contributed by atoms with E-state index in [1.165, 1.54) is 7.11 Å². The molecule has 4 aromatic rings. The summed E-state index contributed by atoms with van der Waals surface area (Å²) in [6, 6.07) is 25.3. The van der Waals surface area contributed by atoms with Crippen LogP contribution in [0.3, 0.4) is 0 Å². The third-order valence-corrected chi connectivity index (χ3v) is 9.52. The molecule has 0 bridgehead atoms. The largest absolute Gasteiger partial charge is 0.468 e. The Morgan fingerprint density at radius 1 is 0.939 bits per heavy atom. The molecule has 6 rings (SSSR count). The average Bonchev–Trinajstić information content (AvgIpc) is 3.62. The third-order valence-electron chi connectivity index (χ3n) is 9.52. The SMILES string of the molecule is COC(=O)[C@]1(Cc2ccccc2)C[C@@H]2CN(C(=O)[C@@H](Cc3c[nH]c4ccccc34)NC(=O)OC(C)(C)C)C[C@H](Cc3ccccc3)N2C1=O. The first-order valence-corrected chi connectivity index (χ1v) is 16.8. The molecule has 0 saturated carbocycles. The number of rotatable bonds is 9. The number of aromatic amines is 1. The summed E-state index contributed by atoms with van der Waals surface area (Å²) >= 11 is 0. The van der Waals surface area contributed by atoms with E-state index in [-0.39, 0.29) is 44.2 Å². The first kappa shape index (κ1) is 33.8. The molecule has 0 aliphatic carbocycles. The van der Waals surface area contributed by atoms with Crippen LogP contribution in [-0.2, 0) is 43.1 Å². The zero-order valence-electron chi connectivity index (χ0n) is 28.5. The number of para-hydroxylation sites is 1. The standard InChI is InChI=1S/C39H44N4O6/c1-38(2,3)49-37(47)41-33(20-28-23-40-32-18-12-11-17-31(28)32)34(44)42-24-29(19-26-13-7-5-8-14-26)43-30(25-42)22-39(35(43)45,36(46)48-4)21-27-15-9-6-10-16-27/h5-18,23,29-30,33,40H,19-22,24-25H2,1-4H3,(H,41,47)/t29-,30+,33+,39+/m0/s1. The van der Waals surface area contributed by atoms with E-state index < -0.39 is 41.2 Å². The highest BCUT2D eigenvalue weighted by Gasteiger charge is 2.60. The van der Waals surface area contributed by atoms with Crippen LogP contribution in [0.2, 0.25) is 0 Å². The molecule has 2 saturated heterocycles. The van der Waals surface area contributed by atoms with Gasteiger partial charge in [-0.25, -0.2) is 4.79 Å². The monoisotopic (exact) mass is 664 g/mol. The number of esters is 1. The number of carbonyl (C=O) groups is 4. The molecule has 3 aromatic carbocycles. The fourth-order valence-electron chi connectivity index (χ4n) is 7.44. The Morgan fingerprint density at radius 2 is 1.59 bits per heavy atom. The van der Waals surface area contributed by atoms with Crippen LogP contribution in [0.1, 0.15) is 43.9 Å². The molecule has 2 aliphatic heterocycles. The normalized spacial score (nSPS) is 21.3. The zero-order chi connectivity index (χ0) is 34.8. The van der Waals surface area contributed by atoms with E-state index in [0.29, 0.717) is 6.42 Å². The second-order valence-electron chi connectivity index (χ2n) is 14.2. The van der Waals surface area contributed by atoms with Crippen LogP contribution in [0.25, 0.3) is 10.9 Å². The van der Waals surface area contributed by atoms with Gasteiger partial charge in [-0.1, -0.05) is 78.9 Å². The number of hydrogen-bond donors (Lipinski definition) is 2.